The van der Waals surface area contributed by atoms with E-state index >= 15 is 0 Å². The molecule has 0 spiro atoms. The van der Waals surface area contributed by atoms with Crippen molar-refractivity contribution in [3.8, 4) is 0 Å². The normalized spacial score (nSPS) is 10.6. The Balaban J connectivity index is 4.01. The van der Waals surface area contributed by atoms with Gasteiger partial charge in [-0.05, 0) is 19.4 Å². The van der Waals surface area contributed by atoms with Gasteiger partial charge in [-0.1, -0.05) is 34.8 Å². The van der Waals surface area contributed by atoms with Crippen molar-refractivity contribution >= 4 is 40.7 Å². The maximum Gasteiger partial charge on any atom is 0.266 e. The first-order valence-electron chi connectivity index (χ1n) is 2.80. The summed E-state index contributed by atoms with van der Waals surface area (Å²) < 4.78 is 2.92. The molecule has 0 aliphatic heterocycles. The van der Waals surface area contributed by atoms with E-state index in [-0.39, 0.29) is 0 Å². The van der Waals surface area contributed by atoms with E-state index < -0.39 is 9.69 Å². The third-order valence-electron chi connectivity index (χ3n) is 0.670. The molecule has 0 saturated carbocycles. The van der Waals surface area contributed by atoms with Crippen molar-refractivity contribution in [2.24, 2.45) is 0 Å². The minimum absolute atomic E-state index is 0.399. The number of alkyl halides is 3. The highest BCUT2D eigenvalue weighted by atomic mass is 35.6. The standard InChI is InChI=1S/C6H8Cl3NO/c1-4(2)3-11-5(10)6(7,8)9/h3,10H,1-2H3. The molecular weight excluding hydrogens is 208 g/mol. The fourth-order valence-electron chi connectivity index (χ4n) is 0.244. The van der Waals surface area contributed by atoms with Crippen LogP contribution >= 0.6 is 34.8 Å². The predicted octanol–water partition coefficient (Wildman–Crippen LogP) is 3.27. The number of hydrogen-bond donors (Lipinski definition) is 1. The van der Waals surface area contributed by atoms with Gasteiger partial charge in [0.1, 0.15) is 0 Å². The average Bonchev–Trinajstić information content (AvgIpc) is 1.80. The molecule has 0 aliphatic rings. The molecule has 0 unspecified atom stereocenters. The molecule has 0 aromatic heterocycles. The van der Waals surface area contributed by atoms with Gasteiger partial charge in [0.15, 0.2) is 0 Å². The molecule has 0 bridgehead atoms. The first kappa shape index (κ1) is 11.1. The quantitative estimate of drug-likeness (QED) is 0.310. The molecule has 0 aromatic carbocycles. The summed E-state index contributed by atoms with van der Waals surface area (Å²) in [5, 5.41) is 7.07. The van der Waals surface area contributed by atoms with Gasteiger partial charge in [-0.2, -0.15) is 0 Å². The number of allylic oxidation sites excluding steroid dienone is 1. The summed E-state index contributed by atoms with van der Waals surface area (Å²) in [7, 11) is 0. The second-order valence-electron chi connectivity index (χ2n) is 2.14. The predicted molar refractivity (Wildman–Crippen MR) is 48.5 cm³/mol. The lowest BCUT2D eigenvalue weighted by Gasteiger charge is -2.10. The van der Waals surface area contributed by atoms with E-state index in [1.54, 1.807) is 0 Å². The van der Waals surface area contributed by atoms with Gasteiger partial charge in [0, 0.05) is 0 Å². The van der Waals surface area contributed by atoms with E-state index in [9.17, 15) is 0 Å². The molecule has 2 nitrogen and oxygen atoms in total. The van der Waals surface area contributed by atoms with Crippen LogP contribution in [0.2, 0.25) is 0 Å². The Bertz CT molecular complexity index is 179. The second-order valence-corrected chi connectivity index (χ2v) is 4.42. The maximum atomic E-state index is 7.07. The Morgan fingerprint density at radius 3 is 2.09 bits per heavy atom. The monoisotopic (exact) mass is 215 g/mol. The number of hydrogen-bond acceptors (Lipinski definition) is 2. The largest absolute Gasteiger partial charge is 0.447 e. The Morgan fingerprint density at radius 1 is 1.36 bits per heavy atom. The Kier molecular flexibility index (Phi) is 4.22. The number of rotatable bonds is 1. The first-order chi connectivity index (χ1) is 4.84. The van der Waals surface area contributed by atoms with Gasteiger partial charge in [-0.15, -0.1) is 0 Å². The van der Waals surface area contributed by atoms with Crippen LogP contribution in [0.3, 0.4) is 0 Å². The van der Waals surface area contributed by atoms with Crippen molar-refractivity contribution in [3.05, 3.63) is 11.8 Å². The van der Waals surface area contributed by atoms with E-state index in [1.807, 2.05) is 13.8 Å². The zero-order valence-electron chi connectivity index (χ0n) is 6.12. The van der Waals surface area contributed by atoms with Crippen LogP contribution in [-0.2, 0) is 4.74 Å². The van der Waals surface area contributed by atoms with Gasteiger partial charge in [0.05, 0.1) is 6.26 Å². The van der Waals surface area contributed by atoms with E-state index in [2.05, 4.69) is 0 Å². The summed E-state index contributed by atoms with van der Waals surface area (Å²) in [6, 6.07) is 0. The van der Waals surface area contributed by atoms with Crippen molar-refractivity contribution in [3.63, 3.8) is 0 Å². The number of halogens is 3. The van der Waals surface area contributed by atoms with Gasteiger partial charge < -0.3 is 4.74 Å². The Hall–Kier alpha value is 0.0800. The summed E-state index contributed by atoms with van der Waals surface area (Å²) in [5.74, 6) is -0.399. The van der Waals surface area contributed by atoms with Crippen LogP contribution in [0.5, 0.6) is 0 Å². The third kappa shape index (κ3) is 5.36. The molecule has 0 amide bonds. The van der Waals surface area contributed by atoms with Crippen LogP contribution in [0, 0.1) is 5.41 Å². The van der Waals surface area contributed by atoms with Gasteiger partial charge in [0.25, 0.3) is 3.79 Å². The van der Waals surface area contributed by atoms with E-state index in [0.717, 1.165) is 5.57 Å². The van der Waals surface area contributed by atoms with Gasteiger partial charge in [0.2, 0.25) is 5.90 Å². The third-order valence-corrected chi connectivity index (χ3v) is 1.18. The van der Waals surface area contributed by atoms with E-state index in [4.69, 9.17) is 44.9 Å². The highest BCUT2D eigenvalue weighted by molar-refractivity contribution is 6.76. The fourth-order valence-corrected chi connectivity index (χ4v) is 0.377. The summed E-state index contributed by atoms with van der Waals surface area (Å²) in [6.45, 7) is 3.62. The molecule has 11 heavy (non-hydrogen) atoms. The first-order valence-corrected chi connectivity index (χ1v) is 3.93. The average molecular weight is 216 g/mol. The van der Waals surface area contributed by atoms with Gasteiger partial charge in [-0.3, -0.25) is 5.41 Å². The van der Waals surface area contributed by atoms with Crippen LogP contribution in [0.15, 0.2) is 11.8 Å². The van der Waals surface area contributed by atoms with Crippen molar-refractivity contribution in [2.45, 2.75) is 17.6 Å². The molecule has 0 fully saturated rings. The number of nitrogens with one attached hydrogen (secondary N) is 1. The van der Waals surface area contributed by atoms with Crippen LogP contribution in [0.1, 0.15) is 13.8 Å². The molecule has 1 N–H and O–H groups in total. The molecule has 0 radical (unpaired) electrons. The molecule has 0 heterocycles. The topological polar surface area (TPSA) is 33.1 Å². The smallest absolute Gasteiger partial charge is 0.266 e. The number of ether oxygens (including phenoxy) is 1. The SMILES string of the molecule is CC(C)=COC(=N)C(Cl)(Cl)Cl. The van der Waals surface area contributed by atoms with Crippen molar-refractivity contribution in [1.29, 1.82) is 5.41 Å². The minimum atomic E-state index is -1.77. The Labute approximate surface area is 80.6 Å². The molecule has 5 heteroatoms. The van der Waals surface area contributed by atoms with E-state index in [1.165, 1.54) is 6.26 Å². The summed E-state index contributed by atoms with van der Waals surface area (Å²) in [6.07, 6.45) is 1.35. The second kappa shape index (κ2) is 4.19. The van der Waals surface area contributed by atoms with Crippen molar-refractivity contribution in [2.75, 3.05) is 0 Å². The van der Waals surface area contributed by atoms with Crippen LogP contribution in [0.4, 0.5) is 0 Å². The summed E-state index contributed by atoms with van der Waals surface area (Å²) in [4.78, 5) is 0. The lowest BCUT2D eigenvalue weighted by molar-refractivity contribution is 0.453. The van der Waals surface area contributed by atoms with Crippen molar-refractivity contribution < 1.29 is 4.74 Å². The zero-order valence-corrected chi connectivity index (χ0v) is 8.39. The minimum Gasteiger partial charge on any atom is -0.447 e. The van der Waals surface area contributed by atoms with Gasteiger partial charge in [-0.25, -0.2) is 0 Å². The molecule has 0 aliphatic carbocycles. The lowest BCUT2D eigenvalue weighted by atomic mass is 10.4. The molecule has 0 aromatic rings. The highest BCUT2D eigenvalue weighted by Crippen LogP contribution is 2.27. The Morgan fingerprint density at radius 2 is 1.82 bits per heavy atom. The zero-order chi connectivity index (χ0) is 9.07. The fraction of sp³-hybridized carbons (Fsp3) is 0.500. The van der Waals surface area contributed by atoms with Gasteiger partial charge >= 0.3 is 0 Å². The molecular formula is C6H8Cl3NO. The van der Waals surface area contributed by atoms with Crippen LogP contribution < -0.4 is 0 Å². The summed E-state index contributed by atoms with van der Waals surface area (Å²) in [5.41, 5.74) is 0.893. The highest BCUT2D eigenvalue weighted by Gasteiger charge is 2.28. The van der Waals surface area contributed by atoms with E-state index in [0.29, 0.717) is 0 Å². The lowest BCUT2D eigenvalue weighted by Crippen LogP contribution is -2.18. The van der Waals surface area contributed by atoms with Crippen LogP contribution in [0.25, 0.3) is 0 Å². The van der Waals surface area contributed by atoms with Crippen LogP contribution in [-0.4, -0.2) is 9.69 Å². The molecule has 0 atom stereocenters. The maximum absolute atomic E-state index is 7.07. The molecule has 0 rings (SSSR count). The summed E-state index contributed by atoms with van der Waals surface area (Å²) >= 11 is 16.0. The van der Waals surface area contributed by atoms with Crippen molar-refractivity contribution in [1.82, 2.24) is 0 Å². The molecule has 0 saturated heterocycles. The molecule has 64 valence electrons.